The van der Waals surface area contributed by atoms with Crippen LogP contribution in [0.2, 0.25) is 0 Å². The Hall–Kier alpha value is -0.250. The Labute approximate surface area is 145 Å². The second-order valence-corrected chi connectivity index (χ2v) is 8.80. The molecule has 0 unspecified atom stereocenters. The quantitative estimate of drug-likeness (QED) is 0.544. The van der Waals surface area contributed by atoms with Crippen molar-refractivity contribution in [3.63, 3.8) is 0 Å². The Kier molecular flexibility index (Phi) is 6.50. The molecule has 2 saturated heterocycles. The molecular formula is C16H31N3O4S. The molecule has 1 aliphatic carbocycles. The first-order chi connectivity index (χ1) is 11.6. The lowest BCUT2D eigenvalue weighted by molar-refractivity contribution is -0.179. The summed E-state index contributed by atoms with van der Waals surface area (Å²) in [7, 11) is -3.41. The van der Waals surface area contributed by atoms with E-state index >= 15 is 0 Å². The van der Waals surface area contributed by atoms with Gasteiger partial charge in [0.1, 0.15) is 0 Å². The number of piperidine rings is 1. The summed E-state index contributed by atoms with van der Waals surface area (Å²) in [5.74, 6) is -0.535. The summed E-state index contributed by atoms with van der Waals surface area (Å²) >= 11 is 0. The minimum absolute atomic E-state index is 0.438. The highest BCUT2D eigenvalue weighted by Crippen LogP contribution is 2.31. The van der Waals surface area contributed by atoms with Crippen molar-refractivity contribution in [3.8, 4) is 0 Å². The fourth-order valence-electron chi connectivity index (χ4n) is 3.88. The molecule has 1 saturated carbocycles. The van der Waals surface area contributed by atoms with Crippen LogP contribution in [-0.4, -0.2) is 63.9 Å². The number of nitrogens with one attached hydrogen (secondary N) is 2. The number of ether oxygens (including phenoxy) is 2. The van der Waals surface area contributed by atoms with Gasteiger partial charge in [0, 0.05) is 45.1 Å². The SMILES string of the molecule is O=S(=O)(NCCNC1CCCCCC1)N1CCC2(CC1)OCCO2. The van der Waals surface area contributed by atoms with Gasteiger partial charge < -0.3 is 14.8 Å². The van der Waals surface area contributed by atoms with Crippen molar-refractivity contribution in [2.45, 2.75) is 63.2 Å². The minimum Gasteiger partial charge on any atom is -0.347 e. The van der Waals surface area contributed by atoms with Crippen LogP contribution in [0, 0.1) is 0 Å². The molecule has 3 rings (SSSR count). The Balaban J connectivity index is 1.36. The number of hydrogen-bond acceptors (Lipinski definition) is 5. The molecule has 0 aromatic carbocycles. The van der Waals surface area contributed by atoms with Crippen LogP contribution in [0.5, 0.6) is 0 Å². The summed E-state index contributed by atoms with van der Waals surface area (Å²) in [6.07, 6.45) is 8.85. The molecular weight excluding hydrogens is 330 g/mol. The molecule has 0 atom stereocenters. The fraction of sp³-hybridized carbons (Fsp3) is 1.00. The van der Waals surface area contributed by atoms with E-state index in [1.807, 2.05) is 0 Å². The Bertz CT molecular complexity index is 476. The molecule has 140 valence electrons. The summed E-state index contributed by atoms with van der Waals surface area (Å²) < 4.78 is 40.3. The van der Waals surface area contributed by atoms with Crippen molar-refractivity contribution in [2.24, 2.45) is 0 Å². The van der Waals surface area contributed by atoms with E-state index in [1.165, 1.54) is 42.8 Å². The highest BCUT2D eigenvalue weighted by Gasteiger charge is 2.42. The second kappa shape index (κ2) is 8.42. The predicted octanol–water partition coefficient (Wildman–Crippen LogP) is 0.972. The Morgan fingerprint density at radius 1 is 0.958 bits per heavy atom. The highest BCUT2D eigenvalue weighted by atomic mass is 32.2. The zero-order chi connectivity index (χ0) is 16.9. The maximum absolute atomic E-state index is 12.4. The summed E-state index contributed by atoms with van der Waals surface area (Å²) in [5, 5.41) is 3.49. The van der Waals surface area contributed by atoms with Crippen LogP contribution in [0.25, 0.3) is 0 Å². The number of rotatable bonds is 6. The zero-order valence-electron chi connectivity index (χ0n) is 14.5. The lowest BCUT2D eigenvalue weighted by atomic mass is 10.1. The van der Waals surface area contributed by atoms with Gasteiger partial charge in [-0.05, 0) is 12.8 Å². The van der Waals surface area contributed by atoms with Crippen molar-refractivity contribution >= 4 is 10.2 Å². The van der Waals surface area contributed by atoms with Crippen molar-refractivity contribution in [2.75, 3.05) is 39.4 Å². The van der Waals surface area contributed by atoms with E-state index in [-0.39, 0.29) is 0 Å². The van der Waals surface area contributed by atoms with Crippen LogP contribution in [0.15, 0.2) is 0 Å². The van der Waals surface area contributed by atoms with Crippen LogP contribution in [0.3, 0.4) is 0 Å². The van der Waals surface area contributed by atoms with Crippen LogP contribution in [0.4, 0.5) is 0 Å². The average molecular weight is 362 g/mol. The highest BCUT2D eigenvalue weighted by molar-refractivity contribution is 7.87. The van der Waals surface area contributed by atoms with Gasteiger partial charge in [-0.1, -0.05) is 25.7 Å². The summed E-state index contributed by atoms with van der Waals surface area (Å²) in [5.41, 5.74) is 0. The molecule has 7 nitrogen and oxygen atoms in total. The third kappa shape index (κ3) is 4.89. The molecule has 2 heterocycles. The van der Waals surface area contributed by atoms with Gasteiger partial charge in [-0.25, -0.2) is 4.72 Å². The van der Waals surface area contributed by atoms with E-state index in [0.717, 1.165) is 0 Å². The Morgan fingerprint density at radius 2 is 1.58 bits per heavy atom. The first-order valence-electron chi connectivity index (χ1n) is 9.36. The van der Waals surface area contributed by atoms with Gasteiger partial charge in [-0.15, -0.1) is 0 Å². The van der Waals surface area contributed by atoms with Gasteiger partial charge in [0.15, 0.2) is 5.79 Å². The minimum atomic E-state index is -3.41. The van der Waals surface area contributed by atoms with Crippen LogP contribution < -0.4 is 10.0 Å². The van der Waals surface area contributed by atoms with Gasteiger partial charge in [0.05, 0.1) is 13.2 Å². The summed E-state index contributed by atoms with van der Waals surface area (Å²) in [4.78, 5) is 0. The van der Waals surface area contributed by atoms with E-state index in [9.17, 15) is 8.42 Å². The molecule has 0 bridgehead atoms. The first-order valence-corrected chi connectivity index (χ1v) is 10.8. The van der Waals surface area contributed by atoms with Crippen molar-refractivity contribution in [1.82, 2.24) is 14.3 Å². The second-order valence-electron chi connectivity index (χ2n) is 7.05. The monoisotopic (exact) mass is 361 g/mol. The molecule has 0 aromatic heterocycles. The van der Waals surface area contributed by atoms with Crippen LogP contribution in [-0.2, 0) is 19.7 Å². The third-order valence-corrected chi connectivity index (χ3v) is 6.95. The van der Waals surface area contributed by atoms with E-state index < -0.39 is 16.0 Å². The van der Waals surface area contributed by atoms with E-state index in [4.69, 9.17) is 9.47 Å². The molecule has 1 spiro atoms. The number of hydrogen-bond donors (Lipinski definition) is 2. The summed E-state index contributed by atoms with van der Waals surface area (Å²) in [6.45, 7) is 3.24. The van der Waals surface area contributed by atoms with E-state index in [1.54, 1.807) is 0 Å². The van der Waals surface area contributed by atoms with Gasteiger partial charge in [0.2, 0.25) is 0 Å². The molecule has 0 radical (unpaired) electrons. The van der Waals surface area contributed by atoms with Gasteiger partial charge in [-0.3, -0.25) is 0 Å². The van der Waals surface area contributed by atoms with Gasteiger partial charge in [-0.2, -0.15) is 12.7 Å². The summed E-state index contributed by atoms with van der Waals surface area (Å²) in [6, 6.07) is 0.545. The lowest BCUT2D eigenvalue weighted by Gasteiger charge is -2.36. The maximum atomic E-state index is 12.4. The molecule has 24 heavy (non-hydrogen) atoms. The fourth-order valence-corrected chi connectivity index (χ4v) is 5.09. The van der Waals surface area contributed by atoms with Crippen LogP contribution >= 0.6 is 0 Å². The van der Waals surface area contributed by atoms with Gasteiger partial charge in [0.25, 0.3) is 10.2 Å². The van der Waals surface area contributed by atoms with E-state index in [2.05, 4.69) is 10.0 Å². The lowest BCUT2D eigenvalue weighted by Crippen LogP contribution is -2.51. The molecule has 0 aromatic rings. The molecule has 3 fully saturated rings. The van der Waals surface area contributed by atoms with E-state index in [0.29, 0.717) is 58.3 Å². The van der Waals surface area contributed by atoms with Crippen molar-refractivity contribution in [1.29, 1.82) is 0 Å². The van der Waals surface area contributed by atoms with Gasteiger partial charge >= 0.3 is 0 Å². The standard InChI is InChI=1S/C16H31N3O4S/c20-24(21,18-10-9-17-15-5-3-1-2-4-6-15)19-11-7-16(8-12-19)22-13-14-23-16/h15,17-18H,1-14H2. The predicted molar refractivity (Wildman–Crippen MR) is 91.9 cm³/mol. The molecule has 3 aliphatic rings. The third-order valence-electron chi connectivity index (χ3n) is 5.34. The number of nitrogens with zero attached hydrogens (tertiary/aromatic N) is 1. The normalized spacial score (nSPS) is 26.7. The van der Waals surface area contributed by atoms with Crippen molar-refractivity contribution < 1.29 is 17.9 Å². The van der Waals surface area contributed by atoms with Crippen LogP contribution in [0.1, 0.15) is 51.4 Å². The molecule has 2 N–H and O–H groups in total. The zero-order valence-corrected chi connectivity index (χ0v) is 15.3. The Morgan fingerprint density at radius 3 is 2.21 bits per heavy atom. The van der Waals surface area contributed by atoms with Crippen molar-refractivity contribution in [3.05, 3.63) is 0 Å². The molecule has 8 heteroatoms. The smallest absolute Gasteiger partial charge is 0.279 e. The molecule has 0 amide bonds. The molecule has 2 aliphatic heterocycles. The largest absolute Gasteiger partial charge is 0.347 e. The average Bonchev–Trinajstić information content (AvgIpc) is 2.86. The topological polar surface area (TPSA) is 79.9 Å². The first kappa shape index (κ1) is 18.5. The maximum Gasteiger partial charge on any atom is 0.279 e.